The Kier molecular flexibility index (Phi) is 20.7. The van der Waals surface area contributed by atoms with Crippen molar-refractivity contribution in [3.8, 4) is 0 Å². The summed E-state index contributed by atoms with van der Waals surface area (Å²) < 4.78 is 24.1. The Morgan fingerprint density at radius 1 is 0.634 bits per heavy atom. The molecule has 0 rings (SSSR count). The maximum absolute atomic E-state index is 11.5. The van der Waals surface area contributed by atoms with Crippen molar-refractivity contribution in [2.24, 2.45) is 0 Å². The number of esters is 1. The highest BCUT2D eigenvalue weighted by Crippen LogP contribution is 2.19. The van der Waals surface area contributed by atoms with Gasteiger partial charge in [-0.3, -0.25) is 4.79 Å². The molecule has 5 nitrogen and oxygen atoms in total. The lowest BCUT2D eigenvalue weighted by molar-refractivity contribution is -0.140. The Morgan fingerprint density at radius 2 is 1.07 bits per heavy atom. The van der Waals surface area contributed by atoms with E-state index in [1.807, 2.05) is 18.2 Å². The first-order chi connectivity index (χ1) is 19.2. The summed E-state index contributed by atoms with van der Waals surface area (Å²) in [6, 6.07) is 3.27. The normalized spacial score (nSPS) is 16.1. The molecule has 0 saturated carbocycles. The number of carbonyl (C=O) groups is 1. The summed E-state index contributed by atoms with van der Waals surface area (Å²) in [5.74, 6) is -0.168. The van der Waals surface area contributed by atoms with Gasteiger partial charge in [0.25, 0.3) is 0 Å². The first-order valence-corrected chi connectivity index (χ1v) is 25.0. The first-order valence-electron chi connectivity index (χ1n) is 15.7. The molecule has 0 amide bonds. The standard InChI is InChI=1S/C33H62O5Si3/c1-12-30(36-39(6,7)13-2)24-21-18-22-27-31(37-40(8,9)14-3)25-19-16-17-20-26-32(38-41(10,11)15-4)28-23-29-33(34)35-5/h16-22,24-26,30-32H,12-15,23,27-29H2,1-11H3. The van der Waals surface area contributed by atoms with E-state index in [1.165, 1.54) is 7.11 Å². The van der Waals surface area contributed by atoms with Crippen molar-refractivity contribution in [2.45, 2.75) is 136 Å². The highest BCUT2D eigenvalue weighted by atomic mass is 28.4. The number of methoxy groups -OCH3 is 1. The van der Waals surface area contributed by atoms with Crippen LogP contribution in [0.25, 0.3) is 0 Å². The van der Waals surface area contributed by atoms with Gasteiger partial charge in [0.05, 0.1) is 25.4 Å². The smallest absolute Gasteiger partial charge is 0.305 e. The van der Waals surface area contributed by atoms with E-state index >= 15 is 0 Å². The number of carbonyl (C=O) groups excluding carboxylic acids is 1. The molecule has 0 heterocycles. The second-order valence-corrected chi connectivity index (χ2v) is 25.8. The Morgan fingerprint density at radius 3 is 1.56 bits per heavy atom. The van der Waals surface area contributed by atoms with Gasteiger partial charge in [0.2, 0.25) is 0 Å². The van der Waals surface area contributed by atoms with E-state index in [4.69, 9.17) is 18.0 Å². The number of ether oxygens (including phenoxy) is 1. The quantitative estimate of drug-likeness (QED) is 0.0683. The second kappa shape index (κ2) is 21.4. The van der Waals surface area contributed by atoms with Crippen LogP contribution < -0.4 is 0 Å². The summed E-state index contributed by atoms with van der Waals surface area (Å²) in [7, 11) is -3.56. The Hall–Kier alpha value is -1.30. The van der Waals surface area contributed by atoms with E-state index in [1.54, 1.807) is 0 Å². The fraction of sp³-hybridized carbons (Fsp3) is 0.667. The molecule has 3 unspecified atom stereocenters. The van der Waals surface area contributed by atoms with Gasteiger partial charge in [0.1, 0.15) is 0 Å². The number of hydrogen-bond donors (Lipinski definition) is 0. The van der Waals surface area contributed by atoms with Crippen LogP contribution in [0, 0.1) is 0 Å². The molecule has 0 aromatic carbocycles. The average Bonchev–Trinajstić information content (AvgIpc) is 2.93. The fourth-order valence-corrected chi connectivity index (χ4v) is 7.21. The van der Waals surface area contributed by atoms with Crippen LogP contribution in [0.1, 0.15) is 59.8 Å². The molecule has 0 radical (unpaired) electrons. The molecule has 8 heteroatoms. The van der Waals surface area contributed by atoms with Crippen LogP contribution in [0.2, 0.25) is 57.4 Å². The Bertz CT molecular complexity index is 859. The highest BCUT2D eigenvalue weighted by molar-refractivity contribution is 6.71. The summed E-state index contributed by atoms with van der Waals surface area (Å²) in [5.41, 5.74) is 0. The van der Waals surface area contributed by atoms with Crippen LogP contribution in [-0.2, 0) is 22.8 Å². The summed E-state index contributed by atoms with van der Waals surface area (Å²) in [4.78, 5) is 11.5. The molecule has 0 aromatic heterocycles. The first kappa shape index (κ1) is 39.7. The summed E-state index contributed by atoms with van der Waals surface area (Å²) in [6.07, 6.45) is 25.2. The molecule has 0 saturated heterocycles. The van der Waals surface area contributed by atoms with Gasteiger partial charge in [-0.15, -0.1) is 0 Å². The molecule has 0 bridgehead atoms. The maximum Gasteiger partial charge on any atom is 0.305 e. The SMILES string of the molecule is CCC(C=CC=CCC(C=CC=CC=CC(CCCC(=O)OC)O[Si](C)(C)CC)O[Si](C)(C)CC)O[Si](C)(C)CC. The number of rotatable bonds is 22. The van der Waals surface area contributed by atoms with Crippen molar-refractivity contribution in [1.29, 1.82) is 0 Å². The lowest BCUT2D eigenvalue weighted by Crippen LogP contribution is -2.34. The summed E-state index contributed by atoms with van der Waals surface area (Å²) in [5, 5.41) is 0. The fourth-order valence-electron chi connectivity index (χ4n) is 3.63. The number of allylic oxidation sites excluding steroid dienone is 6. The minimum absolute atomic E-state index is 0.00798. The van der Waals surface area contributed by atoms with Crippen LogP contribution in [0.3, 0.4) is 0 Å². The van der Waals surface area contributed by atoms with Crippen molar-refractivity contribution < 1.29 is 22.8 Å². The van der Waals surface area contributed by atoms with E-state index in [0.717, 1.165) is 43.8 Å². The molecule has 0 spiro atoms. The molecule has 236 valence electrons. The van der Waals surface area contributed by atoms with Crippen molar-refractivity contribution in [3.05, 3.63) is 60.8 Å². The van der Waals surface area contributed by atoms with Crippen molar-refractivity contribution in [3.63, 3.8) is 0 Å². The number of hydrogen-bond acceptors (Lipinski definition) is 5. The van der Waals surface area contributed by atoms with Gasteiger partial charge in [-0.05, 0) is 83.1 Å². The lowest BCUT2D eigenvalue weighted by atomic mass is 10.1. The van der Waals surface area contributed by atoms with E-state index in [-0.39, 0.29) is 24.3 Å². The van der Waals surface area contributed by atoms with E-state index < -0.39 is 25.0 Å². The second-order valence-electron chi connectivity index (χ2n) is 12.4. The Balaban J connectivity index is 5.26. The molecule has 0 N–H and O–H groups in total. The molecule has 0 fully saturated rings. The average molecular weight is 623 g/mol. The van der Waals surface area contributed by atoms with Gasteiger partial charge in [-0.25, -0.2) is 0 Å². The highest BCUT2D eigenvalue weighted by Gasteiger charge is 2.24. The van der Waals surface area contributed by atoms with Crippen LogP contribution in [0.4, 0.5) is 0 Å². The Labute approximate surface area is 256 Å². The van der Waals surface area contributed by atoms with Crippen LogP contribution in [-0.4, -0.2) is 56.3 Å². The van der Waals surface area contributed by atoms with Gasteiger partial charge in [-0.2, -0.15) is 0 Å². The third-order valence-corrected chi connectivity index (χ3v) is 15.3. The van der Waals surface area contributed by atoms with Crippen molar-refractivity contribution in [1.82, 2.24) is 0 Å². The van der Waals surface area contributed by atoms with Crippen molar-refractivity contribution in [2.75, 3.05) is 7.11 Å². The van der Waals surface area contributed by atoms with Crippen LogP contribution >= 0.6 is 0 Å². The largest absolute Gasteiger partial charge is 0.469 e. The predicted octanol–water partition coefficient (Wildman–Crippen LogP) is 9.74. The molecule has 41 heavy (non-hydrogen) atoms. The predicted molar refractivity (Wildman–Crippen MR) is 185 cm³/mol. The van der Waals surface area contributed by atoms with Crippen molar-refractivity contribution >= 4 is 30.9 Å². The van der Waals surface area contributed by atoms with Gasteiger partial charge in [-0.1, -0.05) is 88.5 Å². The molecule has 0 aliphatic rings. The van der Waals surface area contributed by atoms with E-state index in [9.17, 15) is 4.79 Å². The van der Waals surface area contributed by atoms with Gasteiger partial charge >= 0.3 is 5.97 Å². The van der Waals surface area contributed by atoms with Gasteiger partial charge in [0.15, 0.2) is 25.0 Å². The summed E-state index contributed by atoms with van der Waals surface area (Å²) >= 11 is 0. The maximum atomic E-state index is 11.5. The van der Waals surface area contributed by atoms with E-state index in [2.05, 4.69) is 110 Å². The molecule has 0 aliphatic carbocycles. The molecular formula is C33H62O5Si3. The van der Waals surface area contributed by atoms with E-state index in [0.29, 0.717) is 6.42 Å². The van der Waals surface area contributed by atoms with Crippen LogP contribution in [0.5, 0.6) is 0 Å². The third-order valence-electron chi connectivity index (χ3n) is 7.39. The third kappa shape index (κ3) is 21.1. The molecule has 3 atom stereocenters. The van der Waals surface area contributed by atoms with Crippen LogP contribution in [0.15, 0.2) is 60.8 Å². The molecule has 0 aromatic rings. The molecule has 0 aliphatic heterocycles. The minimum Gasteiger partial charge on any atom is -0.469 e. The zero-order chi connectivity index (χ0) is 31.4. The minimum atomic E-state index is -1.72. The van der Waals surface area contributed by atoms with Gasteiger partial charge < -0.3 is 18.0 Å². The zero-order valence-corrected chi connectivity index (χ0v) is 31.2. The lowest BCUT2D eigenvalue weighted by Gasteiger charge is -2.26. The zero-order valence-electron chi connectivity index (χ0n) is 28.2. The van der Waals surface area contributed by atoms with Gasteiger partial charge in [0, 0.05) is 6.42 Å². The monoisotopic (exact) mass is 622 g/mol. The molecular weight excluding hydrogens is 561 g/mol. The summed E-state index contributed by atoms with van der Waals surface area (Å²) in [6.45, 7) is 22.4. The topological polar surface area (TPSA) is 54.0 Å².